The van der Waals surface area contributed by atoms with Crippen molar-refractivity contribution in [1.82, 2.24) is 0 Å². The molecule has 1 aliphatic rings. The molecule has 0 bridgehead atoms. The third-order valence-electron chi connectivity index (χ3n) is 8.64. The van der Waals surface area contributed by atoms with Crippen LogP contribution in [0.2, 0.25) is 0 Å². The Morgan fingerprint density at radius 2 is 1.15 bits per heavy atom. The molecule has 196 valence electrons. The summed E-state index contributed by atoms with van der Waals surface area (Å²) in [7, 11) is 0. The van der Waals surface area contributed by atoms with Gasteiger partial charge >= 0.3 is 0 Å². The first kappa shape index (κ1) is 23.8. The van der Waals surface area contributed by atoms with Crippen molar-refractivity contribution in [1.29, 1.82) is 0 Å². The van der Waals surface area contributed by atoms with Crippen LogP contribution in [0.15, 0.2) is 144 Å². The molecule has 1 heterocycles. The Labute approximate surface area is 240 Å². The minimum atomic E-state index is -0.149. The van der Waals surface area contributed by atoms with Crippen LogP contribution in [0, 0.1) is 0 Å². The highest BCUT2D eigenvalue weighted by Gasteiger charge is 2.38. The molecule has 0 spiro atoms. The van der Waals surface area contributed by atoms with E-state index in [1.165, 1.54) is 44.2 Å². The van der Waals surface area contributed by atoms with Crippen molar-refractivity contribution in [3.8, 4) is 22.3 Å². The molecule has 8 rings (SSSR count). The van der Waals surface area contributed by atoms with Crippen LogP contribution < -0.4 is 4.90 Å². The van der Waals surface area contributed by atoms with Gasteiger partial charge in [0.25, 0.3) is 0 Å². The monoisotopic (exact) mass is 527 g/mol. The zero-order valence-corrected chi connectivity index (χ0v) is 23.1. The summed E-state index contributed by atoms with van der Waals surface area (Å²) in [6, 6.07) is 49.8. The van der Waals surface area contributed by atoms with Gasteiger partial charge in [0.1, 0.15) is 11.2 Å². The highest BCUT2D eigenvalue weighted by Crippen LogP contribution is 2.54. The zero-order chi connectivity index (χ0) is 27.6. The Kier molecular flexibility index (Phi) is 5.20. The second-order valence-corrected chi connectivity index (χ2v) is 11.4. The lowest BCUT2D eigenvalue weighted by Crippen LogP contribution is -2.16. The van der Waals surface area contributed by atoms with Gasteiger partial charge in [-0.1, -0.05) is 105 Å². The molecule has 0 unspecified atom stereocenters. The van der Waals surface area contributed by atoms with Gasteiger partial charge in [0, 0.05) is 33.2 Å². The van der Waals surface area contributed by atoms with Crippen molar-refractivity contribution < 1.29 is 4.42 Å². The summed E-state index contributed by atoms with van der Waals surface area (Å²) in [6.45, 7) is 4.69. The summed E-state index contributed by atoms with van der Waals surface area (Å²) in [4.78, 5) is 2.35. The van der Waals surface area contributed by atoms with Gasteiger partial charge in [0.2, 0.25) is 0 Å². The number of benzene rings is 6. The normalized spacial score (nSPS) is 13.3. The molecule has 0 N–H and O–H groups in total. The largest absolute Gasteiger partial charge is 0.456 e. The summed E-state index contributed by atoms with van der Waals surface area (Å²) in [6.07, 6.45) is 0. The molecule has 7 aromatic rings. The maximum atomic E-state index is 6.28. The Morgan fingerprint density at radius 3 is 1.93 bits per heavy atom. The van der Waals surface area contributed by atoms with Gasteiger partial charge in [-0.05, 0) is 81.9 Å². The number of rotatable bonds is 4. The molecule has 1 aromatic heterocycles. The highest BCUT2D eigenvalue weighted by atomic mass is 16.3. The lowest BCUT2D eigenvalue weighted by molar-refractivity contribution is 0.657. The predicted octanol–water partition coefficient (Wildman–Crippen LogP) is 11.0. The quantitative estimate of drug-likeness (QED) is 0.226. The Balaban J connectivity index is 1.30. The van der Waals surface area contributed by atoms with E-state index < -0.39 is 0 Å². The number of hydrogen-bond donors (Lipinski definition) is 0. The molecule has 0 radical (unpaired) electrons. The lowest BCUT2D eigenvalue weighted by Gasteiger charge is -2.27. The Bertz CT molecular complexity index is 2050. The van der Waals surface area contributed by atoms with Crippen LogP contribution in [0.4, 0.5) is 17.1 Å². The first-order valence-electron chi connectivity index (χ1n) is 14.2. The van der Waals surface area contributed by atoms with Crippen LogP contribution in [0.1, 0.15) is 25.0 Å². The summed E-state index contributed by atoms with van der Waals surface area (Å²) in [5.74, 6) is 0. The second-order valence-electron chi connectivity index (χ2n) is 11.4. The van der Waals surface area contributed by atoms with E-state index in [-0.39, 0.29) is 5.41 Å². The fraction of sp³-hybridized carbons (Fsp3) is 0.0769. The molecule has 0 amide bonds. The molecule has 0 saturated heterocycles. The van der Waals surface area contributed by atoms with E-state index in [4.69, 9.17) is 4.42 Å². The lowest BCUT2D eigenvalue weighted by atomic mass is 9.80. The highest BCUT2D eigenvalue weighted by molar-refractivity contribution is 6.11. The standard InChI is InChI=1S/C39H29NO/c1-39(2)34-23-21-30(25-33(34)31-22-24-36-37(38(31)39)32-15-9-10-16-35(32)41-36)40(28-13-7-4-8-14-28)29-19-17-27(18-20-29)26-11-5-3-6-12-26/h3-25H,1-2H3. The average Bonchev–Trinajstić information content (AvgIpc) is 3.50. The summed E-state index contributed by atoms with van der Waals surface area (Å²) in [5.41, 5.74) is 12.9. The van der Waals surface area contributed by atoms with Gasteiger partial charge < -0.3 is 9.32 Å². The maximum absolute atomic E-state index is 6.28. The van der Waals surface area contributed by atoms with Gasteiger partial charge in [-0.15, -0.1) is 0 Å². The third kappa shape index (κ3) is 3.64. The molecule has 0 saturated carbocycles. The van der Waals surface area contributed by atoms with E-state index in [1.807, 2.05) is 6.07 Å². The van der Waals surface area contributed by atoms with E-state index >= 15 is 0 Å². The van der Waals surface area contributed by atoms with Crippen LogP contribution in [-0.4, -0.2) is 0 Å². The minimum Gasteiger partial charge on any atom is -0.456 e. The molecular weight excluding hydrogens is 498 g/mol. The molecular formula is C39H29NO. The third-order valence-corrected chi connectivity index (χ3v) is 8.64. The number of nitrogens with zero attached hydrogens (tertiary/aromatic N) is 1. The SMILES string of the molecule is CC1(C)c2ccc(N(c3ccccc3)c3ccc(-c4ccccc4)cc3)cc2-c2ccc3oc4ccccc4c3c21. The van der Waals surface area contributed by atoms with Crippen molar-refractivity contribution in [2.24, 2.45) is 0 Å². The molecule has 1 aliphatic carbocycles. The van der Waals surface area contributed by atoms with Gasteiger partial charge in [0.05, 0.1) is 0 Å². The Hall–Kier alpha value is -5.08. The number of fused-ring (bicyclic) bond motifs is 7. The van der Waals surface area contributed by atoms with E-state index in [1.54, 1.807) is 0 Å². The van der Waals surface area contributed by atoms with Crippen molar-refractivity contribution in [2.75, 3.05) is 4.90 Å². The van der Waals surface area contributed by atoms with E-state index in [2.05, 4.69) is 152 Å². The molecule has 0 aliphatic heterocycles. The molecule has 0 fully saturated rings. The first-order valence-corrected chi connectivity index (χ1v) is 14.2. The van der Waals surface area contributed by atoms with Crippen molar-refractivity contribution in [2.45, 2.75) is 19.3 Å². The van der Waals surface area contributed by atoms with Crippen LogP contribution in [0.3, 0.4) is 0 Å². The summed E-state index contributed by atoms with van der Waals surface area (Å²) >= 11 is 0. The van der Waals surface area contributed by atoms with Crippen LogP contribution in [0.5, 0.6) is 0 Å². The molecule has 0 atom stereocenters. The molecule has 41 heavy (non-hydrogen) atoms. The number of furan rings is 1. The van der Waals surface area contributed by atoms with E-state index in [0.29, 0.717) is 0 Å². The molecule has 6 aromatic carbocycles. The summed E-state index contributed by atoms with van der Waals surface area (Å²) < 4.78 is 6.28. The van der Waals surface area contributed by atoms with Crippen molar-refractivity contribution >= 4 is 39.0 Å². The minimum absolute atomic E-state index is 0.149. The first-order chi connectivity index (χ1) is 20.1. The topological polar surface area (TPSA) is 16.4 Å². The molecule has 2 heteroatoms. The van der Waals surface area contributed by atoms with Crippen molar-refractivity contribution in [3.05, 3.63) is 151 Å². The van der Waals surface area contributed by atoms with E-state index in [9.17, 15) is 0 Å². The molecule has 2 nitrogen and oxygen atoms in total. The average molecular weight is 528 g/mol. The van der Waals surface area contributed by atoms with Crippen LogP contribution in [-0.2, 0) is 5.41 Å². The predicted molar refractivity (Wildman–Crippen MR) is 171 cm³/mol. The number of para-hydroxylation sites is 2. The maximum Gasteiger partial charge on any atom is 0.135 e. The van der Waals surface area contributed by atoms with Gasteiger partial charge in [0.15, 0.2) is 0 Å². The second kappa shape index (κ2) is 8.97. The van der Waals surface area contributed by atoms with E-state index in [0.717, 1.165) is 28.2 Å². The smallest absolute Gasteiger partial charge is 0.135 e. The van der Waals surface area contributed by atoms with Gasteiger partial charge in [-0.3, -0.25) is 0 Å². The number of hydrogen-bond acceptors (Lipinski definition) is 2. The fourth-order valence-electron chi connectivity index (χ4n) is 6.72. The van der Waals surface area contributed by atoms with Gasteiger partial charge in [-0.25, -0.2) is 0 Å². The number of anilines is 3. The zero-order valence-electron chi connectivity index (χ0n) is 23.1. The fourth-order valence-corrected chi connectivity index (χ4v) is 6.72. The van der Waals surface area contributed by atoms with Gasteiger partial charge in [-0.2, -0.15) is 0 Å². The summed E-state index contributed by atoms with van der Waals surface area (Å²) in [5, 5.41) is 2.42. The van der Waals surface area contributed by atoms with Crippen molar-refractivity contribution in [3.63, 3.8) is 0 Å². The van der Waals surface area contributed by atoms with Crippen LogP contribution in [0.25, 0.3) is 44.2 Å². The van der Waals surface area contributed by atoms with Crippen LogP contribution >= 0.6 is 0 Å². The Morgan fingerprint density at radius 1 is 0.512 bits per heavy atom.